The minimum Gasteiger partial charge on any atom is -0.252 e. The van der Waals surface area contributed by atoms with Gasteiger partial charge in [-0.2, -0.15) is 0 Å². The third-order valence-corrected chi connectivity index (χ3v) is 13.1. The standard InChI is InChI=1S/C48H30N2S2/c1-27-21-38(29-11-9-12-30(25-29)42-26-49-44-34-16-5-3-13-31(34)32-14-4-6-17-35(32)45(44)50-42)47-40(23-27)41-24-28(2)22-39(48(41)52-47)37-19-10-18-36-33-15-7-8-20-43(33)51-46(36)37/h3-26H,1-2H3. The van der Waals surface area contributed by atoms with E-state index in [2.05, 4.69) is 153 Å². The molecule has 0 N–H and O–H groups in total. The number of rotatable bonds is 3. The SMILES string of the molecule is Cc1cc(-c2cccc(-c3cnc4c5ccccc5c5ccccc5c4n3)c2)c2sc3c(-c4cccc5c4sc4ccccc45)cc(C)cc3c2c1. The van der Waals surface area contributed by atoms with Crippen molar-refractivity contribution >= 4 is 95.6 Å². The highest BCUT2D eigenvalue weighted by atomic mass is 32.1. The number of benzene rings is 8. The minimum absolute atomic E-state index is 0.879. The predicted octanol–water partition coefficient (Wildman–Crippen LogP) is 14.3. The molecule has 0 saturated heterocycles. The van der Waals surface area contributed by atoms with E-state index in [4.69, 9.17) is 9.97 Å². The summed E-state index contributed by atoms with van der Waals surface area (Å²) in [4.78, 5) is 10.4. The molecule has 8 aromatic carbocycles. The molecule has 52 heavy (non-hydrogen) atoms. The number of aryl methyl sites for hydroxylation is 2. The zero-order valence-corrected chi connectivity index (χ0v) is 30.2. The molecular formula is C48H30N2S2. The molecule has 244 valence electrons. The lowest BCUT2D eigenvalue weighted by molar-refractivity contribution is 1.31. The zero-order valence-electron chi connectivity index (χ0n) is 28.6. The molecule has 11 aromatic rings. The molecule has 0 saturated carbocycles. The fourth-order valence-electron chi connectivity index (χ4n) is 8.25. The first-order valence-corrected chi connectivity index (χ1v) is 19.3. The maximum Gasteiger partial charge on any atom is 0.0979 e. The van der Waals surface area contributed by atoms with Gasteiger partial charge in [-0.3, -0.25) is 4.98 Å². The second-order valence-electron chi connectivity index (χ2n) is 13.9. The van der Waals surface area contributed by atoms with E-state index in [-0.39, 0.29) is 0 Å². The van der Waals surface area contributed by atoms with Crippen LogP contribution in [0.5, 0.6) is 0 Å². The van der Waals surface area contributed by atoms with Gasteiger partial charge in [-0.15, -0.1) is 22.7 Å². The van der Waals surface area contributed by atoms with E-state index in [1.807, 2.05) is 28.9 Å². The number of thiophene rings is 2. The van der Waals surface area contributed by atoms with Crippen molar-refractivity contribution in [1.29, 1.82) is 0 Å². The monoisotopic (exact) mass is 698 g/mol. The Hall–Kier alpha value is -5.94. The zero-order chi connectivity index (χ0) is 34.5. The smallest absolute Gasteiger partial charge is 0.0979 e. The van der Waals surface area contributed by atoms with Crippen LogP contribution in [0.4, 0.5) is 0 Å². The lowest BCUT2D eigenvalue weighted by atomic mass is 9.95. The van der Waals surface area contributed by atoms with Gasteiger partial charge < -0.3 is 0 Å². The van der Waals surface area contributed by atoms with Gasteiger partial charge >= 0.3 is 0 Å². The molecule has 0 atom stereocenters. The molecule has 0 aliphatic rings. The van der Waals surface area contributed by atoms with Crippen molar-refractivity contribution in [3.8, 4) is 33.5 Å². The molecule has 0 radical (unpaired) electrons. The summed E-state index contributed by atoms with van der Waals surface area (Å²) >= 11 is 3.82. The van der Waals surface area contributed by atoms with Crippen molar-refractivity contribution in [3.05, 3.63) is 157 Å². The second-order valence-corrected chi connectivity index (χ2v) is 16.0. The van der Waals surface area contributed by atoms with Crippen LogP contribution >= 0.6 is 22.7 Å². The molecule has 4 heteroatoms. The van der Waals surface area contributed by atoms with Crippen LogP contribution in [0.3, 0.4) is 0 Å². The molecule has 0 bridgehead atoms. The van der Waals surface area contributed by atoms with E-state index in [0.717, 1.165) is 33.1 Å². The van der Waals surface area contributed by atoms with Gasteiger partial charge in [0.25, 0.3) is 0 Å². The Kier molecular flexibility index (Phi) is 6.46. The topological polar surface area (TPSA) is 25.8 Å². The van der Waals surface area contributed by atoms with Crippen LogP contribution in [0, 0.1) is 13.8 Å². The highest BCUT2D eigenvalue weighted by Gasteiger charge is 2.19. The van der Waals surface area contributed by atoms with E-state index in [1.165, 1.54) is 84.5 Å². The van der Waals surface area contributed by atoms with Gasteiger partial charge in [0.05, 0.1) is 22.9 Å². The summed E-state index contributed by atoms with van der Waals surface area (Å²) in [7, 11) is 0. The summed E-state index contributed by atoms with van der Waals surface area (Å²) in [6.45, 7) is 4.45. The largest absolute Gasteiger partial charge is 0.252 e. The maximum absolute atomic E-state index is 5.31. The average Bonchev–Trinajstić information content (AvgIpc) is 3.76. The first-order chi connectivity index (χ1) is 25.6. The molecule has 0 aliphatic heterocycles. The van der Waals surface area contributed by atoms with E-state index in [1.54, 1.807) is 0 Å². The molecule has 11 rings (SSSR count). The van der Waals surface area contributed by atoms with E-state index >= 15 is 0 Å². The van der Waals surface area contributed by atoms with Crippen molar-refractivity contribution in [3.63, 3.8) is 0 Å². The molecular weight excluding hydrogens is 669 g/mol. The number of fused-ring (bicyclic) bond motifs is 12. The van der Waals surface area contributed by atoms with Gasteiger partial charge in [0.15, 0.2) is 0 Å². The molecule has 3 heterocycles. The van der Waals surface area contributed by atoms with Crippen molar-refractivity contribution in [2.45, 2.75) is 13.8 Å². The lowest BCUT2D eigenvalue weighted by Crippen LogP contribution is -1.92. The van der Waals surface area contributed by atoms with E-state index < -0.39 is 0 Å². The van der Waals surface area contributed by atoms with Crippen LogP contribution in [-0.2, 0) is 0 Å². The van der Waals surface area contributed by atoms with Crippen molar-refractivity contribution in [2.75, 3.05) is 0 Å². The second kappa shape index (κ2) is 11.3. The van der Waals surface area contributed by atoms with Crippen LogP contribution in [0.15, 0.2) is 146 Å². The summed E-state index contributed by atoms with van der Waals surface area (Å²) < 4.78 is 5.35. The quantitative estimate of drug-likeness (QED) is 0.172. The molecule has 0 fully saturated rings. The summed E-state index contributed by atoms with van der Waals surface area (Å²) in [5, 5.41) is 9.99. The molecule has 0 spiro atoms. The Bertz CT molecular complexity index is 3240. The minimum atomic E-state index is 0.879. The van der Waals surface area contributed by atoms with Crippen molar-refractivity contribution in [2.24, 2.45) is 0 Å². The number of hydrogen-bond acceptors (Lipinski definition) is 4. The van der Waals surface area contributed by atoms with Crippen LogP contribution < -0.4 is 0 Å². The third kappa shape index (κ3) is 4.41. The Morgan fingerprint density at radius 1 is 0.404 bits per heavy atom. The Balaban J connectivity index is 1.11. The fraction of sp³-hybridized carbons (Fsp3) is 0.0417. The number of aromatic nitrogens is 2. The van der Waals surface area contributed by atoms with Gasteiger partial charge in [0, 0.05) is 67.8 Å². The average molecular weight is 699 g/mol. The lowest BCUT2D eigenvalue weighted by Gasteiger charge is -2.11. The van der Waals surface area contributed by atoms with E-state index in [0.29, 0.717) is 0 Å². The van der Waals surface area contributed by atoms with Gasteiger partial charge in [-0.1, -0.05) is 103 Å². The molecule has 0 amide bonds. The maximum atomic E-state index is 5.31. The van der Waals surface area contributed by atoms with Crippen LogP contribution in [0.25, 0.3) is 106 Å². The van der Waals surface area contributed by atoms with Crippen molar-refractivity contribution in [1.82, 2.24) is 9.97 Å². The van der Waals surface area contributed by atoms with Gasteiger partial charge in [0.1, 0.15) is 0 Å². The molecule has 2 nitrogen and oxygen atoms in total. The first-order valence-electron chi connectivity index (χ1n) is 17.6. The summed E-state index contributed by atoms with van der Waals surface area (Å²) in [6.07, 6.45) is 1.94. The molecule has 0 aliphatic carbocycles. The highest BCUT2D eigenvalue weighted by Crippen LogP contribution is 2.48. The molecule has 3 aromatic heterocycles. The van der Waals surface area contributed by atoms with Gasteiger partial charge in [-0.25, -0.2) is 4.98 Å². The van der Waals surface area contributed by atoms with Gasteiger partial charge in [0.2, 0.25) is 0 Å². The predicted molar refractivity (Wildman–Crippen MR) is 226 cm³/mol. The van der Waals surface area contributed by atoms with Crippen molar-refractivity contribution < 1.29 is 0 Å². The molecule has 0 unspecified atom stereocenters. The Morgan fingerprint density at radius 2 is 0.981 bits per heavy atom. The van der Waals surface area contributed by atoms with Gasteiger partial charge in [-0.05, 0) is 83.3 Å². The van der Waals surface area contributed by atoms with Crippen LogP contribution in [0.2, 0.25) is 0 Å². The Labute approximate surface area is 308 Å². The van der Waals surface area contributed by atoms with Crippen LogP contribution in [-0.4, -0.2) is 9.97 Å². The van der Waals surface area contributed by atoms with E-state index in [9.17, 15) is 0 Å². The normalized spacial score (nSPS) is 12.0. The van der Waals surface area contributed by atoms with Crippen LogP contribution in [0.1, 0.15) is 11.1 Å². The Morgan fingerprint density at radius 3 is 1.75 bits per heavy atom. The first kappa shape index (κ1) is 29.8. The number of hydrogen-bond donors (Lipinski definition) is 0. The summed E-state index contributed by atoms with van der Waals surface area (Å²) in [6, 6.07) is 51.0. The number of nitrogens with zero attached hydrogens (tertiary/aromatic N) is 2. The fourth-order valence-corrected chi connectivity index (χ4v) is 10.8. The summed E-state index contributed by atoms with van der Waals surface area (Å²) in [5.74, 6) is 0. The highest BCUT2D eigenvalue weighted by molar-refractivity contribution is 7.27. The third-order valence-electron chi connectivity index (χ3n) is 10.6. The summed E-state index contributed by atoms with van der Waals surface area (Å²) in [5.41, 5.74) is 11.4.